The van der Waals surface area contributed by atoms with E-state index in [1.807, 2.05) is 12.1 Å². The highest BCUT2D eigenvalue weighted by molar-refractivity contribution is 5.88. The third-order valence-corrected chi connectivity index (χ3v) is 4.38. The topological polar surface area (TPSA) is 47.7 Å². The predicted octanol–water partition coefficient (Wildman–Crippen LogP) is 3.41. The second-order valence-corrected chi connectivity index (χ2v) is 5.61. The van der Waals surface area contributed by atoms with Gasteiger partial charge >= 0.3 is 0 Å². The van der Waals surface area contributed by atoms with Crippen molar-refractivity contribution in [2.24, 2.45) is 0 Å². The number of furan rings is 1. The molecule has 5 heteroatoms. The van der Waals surface area contributed by atoms with E-state index in [4.69, 9.17) is 13.9 Å². The maximum absolute atomic E-state index is 5.48. The first-order valence-electron chi connectivity index (χ1n) is 7.61. The summed E-state index contributed by atoms with van der Waals surface area (Å²) in [5.74, 6) is 2.52. The third kappa shape index (κ3) is 2.29. The Kier molecular flexibility index (Phi) is 3.33. The highest BCUT2D eigenvalue weighted by atomic mass is 16.5. The molecule has 0 aliphatic carbocycles. The molecule has 0 atom stereocenters. The number of anilines is 1. The van der Waals surface area contributed by atoms with Crippen LogP contribution in [-0.2, 0) is 13.0 Å². The molecule has 1 aliphatic rings. The first-order chi connectivity index (χ1) is 11.3. The molecular weight excluding hydrogens is 292 g/mol. The quantitative estimate of drug-likeness (QED) is 0.742. The molecule has 0 radical (unpaired) electrons. The summed E-state index contributed by atoms with van der Waals surface area (Å²) >= 11 is 0. The van der Waals surface area contributed by atoms with Crippen molar-refractivity contribution in [3.8, 4) is 11.5 Å². The van der Waals surface area contributed by atoms with Gasteiger partial charge in [0, 0.05) is 19.3 Å². The standard InChI is InChI=1S/C18H18N2O3/c1-21-16-9-12-4-7-20(11-13(12)10-17(16)22-2)18-14-5-8-23-15(14)3-6-19-18/h3,5-6,8-10H,4,7,11H2,1-2H3. The van der Waals surface area contributed by atoms with Gasteiger partial charge in [-0.2, -0.15) is 0 Å². The van der Waals surface area contributed by atoms with Crippen LogP contribution in [0.3, 0.4) is 0 Å². The van der Waals surface area contributed by atoms with Crippen molar-refractivity contribution in [1.29, 1.82) is 0 Å². The fourth-order valence-electron chi connectivity index (χ4n) is 3.20. The minimum atomic E-state index is 0.766. The van der Waals surface area contributed by atoms with Gasteiger partial charge in [-0.15, -0.1) is 0 Å². The summed E-state index contributed by atoms with van der Waals surface area (Å²) in [5.41, 5.74) is 3.42. The molecule has 4 rings (SSSR count). The van der Waals surface area contributed by atoms with Gasteiger partial charge in [-0.3, -0.25) is 0 Å². The molecular formula is C18H18N2O3. The van der Waals surface area contributed by atoms with E-state index >= 15 is 0 Å². The van der Waals surface area contributed by atoms with Gasteiger partial charge in [0.1, 0.15) is 11.4 Å². The molecule has 0 saturated heterocycles. The molecule has 0 fully saturated rings. The normalized spacial score (nSPS) is 13.9. The van der Waals surface area contributed by atoms with Gasteiger partial charge in [-0.05, 0) is 41.8 Å². The van der Waals surface area contributed by atoms with Crippen molar-refractivity contribution in [2.75, 3.05) is 25.7 Å². The van der Waals surface area contributed by atoms with E-state index in [9.17, 15) is 0 Å². The van der Waals surface area contributed by atoms with Crippen LogP contribution in [0.15, 0.2) is 41.1 Å². The van der Waals surface area contributed by atoms with E-state index in [-0.39, 0.29) is 0 Å². The predicted molar refractivity (Wildman–Crippen MR) is 88.3 cm³/mol. The summed E-state index contributed by atoms with van der Waals surface area (Å²) in [6, 6.07) is 8.01. The molecule has 0 spiro atoms. The Morgan fingerprint density at radius 2 is 1.87 bits per heavy atom. The number of aromatic nitrogens is 1. The number of benzene rings is 1. The SMILES string of the molecule is COc1cc2c(cc1OC)CN(c1nccc3occc13)CC2. The van der Waals surface area contributed by atoms with Gasteiger partial charge in [0.2, 0.25) is 0 Å². The second-order valence-electron chi connectivity index (χ2n) is 5.61. The Balaban J connectivity index is 1.72. The van der Waals surface area contributed by atoms with Gasteiger partial charge in [-0.25, -0.2) is 4.98 Å². The van der Waals surface area contributed by atoms with Crippen LogP contribution in [0.2, 0.25) is 0 Å². The van der Waals surface area contributed by atoms with Crippen molar-refractivity contribution in [3.05, 3.63) is 47.9 Å². The maximum Gasteiger partial charge on any atom is 0.161 e. The summed E-state index contributed by atoms with van der Waals surface area (Å²) in [4.78, 5) is 6.85. The van der Waals surface area contributed by atoms with Crippen molar-refractivity contribution in [3.63, 3.8) is 0 Å². The van der Waals surface area contributed by atoms with Crippen LogP contribution < -0.4 is 14.4 Å². The first kappa shape index (κ1) is 13.9. The average Bonchev–Trinajstić information content (AvgIpc) is 3.08. The molecule has 23 heavy (non-hydrogen) atoms. The summed E-state index contributed by atoms with van der Waals surface area (Å²) < 4.78 is 16.3. The number of ether oxygens (including phenoxy) is 2. The molecule has 1 aromatic carbocycles. The average molecular weight is 310 g/mol. The largest absolute Gasteiger partial charge is 0.493 e. The highest BCUT2D eigenvalue weighted by Crippen LogP contribution is 2.35. The number of pyridine rings is 1. The van der Waals surface area contributed by atoms with Crippen LogP contribution in [0.25, 0.3) is 11.0 Å². The van der Waals surface area contributed by atoms with E-state index in [2.05, 4.69) is 22.0 Å². The van der Waals surface area contributed by atoms with E-state index in [0.717, 1.165) is 47.8 Å². The number of hydrogen-bond acceptors (Lipinski definition) is 5. The molecule has 3 heterocycles. The fraction of sp³-hybridized carbons (Fsp3) is 0.278. The summed E-state index contributed by atoms with van der Waals surface area (Å²) in [5, 5.41) is 1.05. The minimum Gasteiger partial charge on any atom is -0.493 e. The van der Waals surface area contributed by atoms with Crippen LogP contribution in [0, 0.1) is 0 Å². The van der Waals surface area contributed by atoms with Crippen molar-refractivity contribution >= 4 is 16.8 Å². The van der Waals surface area contributed by atoms with E-state index < -0.39 is 0 Å². The lowest BCUT2D eigenvalue weighted by molar-refractivity contribution is 0.353. The van der Waals surface area contributed by atoms with Gasteiger partial charge in [-0.1, -0.05) is 0 Å². The lowest BCUT2D eigenvalue weighted by Gasteiger charge is -2.30. The molecule has 5 nitrogen and oxygen atoms in total. The summed E-state index contributed by atoms with van der Waals surface area (Å²) in [6.07, 6.45) is 4.46. The third-order valence-electron chi connectivity index (χ3n) is 4.38. The van der Waals surface area contributed by atoms with Crippen LogP contribution in [0.1, 0.15) is 11.1 Å². The molecule has 0 bridgehead atoms. The lowest BCUT2D eigenvalue weighted by Crippen LogP contribution is -2.31. The first-order valence-corrected chi connectivity index (χ1v) is 7.61. The van der Waals surface area contributed by atoms with Crippen LogP contribution in [-0.4, -0.2) is 25.7 Å². The molecule has 0 amide bonds. The Morgan fingerprint density at radius 1 is 1.09 bits per heavy atom. The molecule has 2 aromatic heterocycles. The molecule has 118 valence electrons. The van der Waals surface area contributed by atoms with Gasteiger partial charge in [0.05, 0.1) is 25.9 Å². The number of nitrogens with zero attached hydrogens (tertiary/aromatic N) is 2. The van der Waals surface area contributed by atoms with Crippen molar-refractivity contribution in [1.82, 2.24) is 4.98 Å². The molecule has 3 aromatic rings. The van der Waals surface area contributed by atoms with Crippen LogP contribution >= 0.6 is 0 Å². The zero-order chi connectivity index (χ0) is 15.8. The minimum absolute atomic E-state index is 0.766. The second kappa shape index (κ2) is 5.50. The van der Waals surface area contributed by atoms with E-state index in [0.29, 0.717) is 0 Å². The monoisotopic (exact) mass is 310 g/mol. The van der Waals surface area contributed by atoms with Gasteiger partial charge < -0.3 is 18.8 Å². The number of rotatable bonds is 3. The maximum atomic E-state index is 5.48. The van der Waals surface area contributed by atoms with E-state index in [1.54, 1.807) is 26.7 Å². The lowest BCUT2D eigenvalue weighted by atomic mass is 9.98. The van der Waals surface area contributed by atoms with Crippen LogP contribution in [0.5, 0.6) is 11.5 Å². The molecule has 1 aliphatic heterocycles. The Morgan fingerprint density at radius 3 is 2.65 bits per heavy atom. The zero-order valence-electron chi connectivity index (χ0n) is 13.2. The van der Waals surface area contributed by atoms with Crippen molar-refractivity contribution in [2.45, 2.75) is 13.0 Å². The van der Waals surface area contributed by atoms with Crippen molar-refractivity contribution < 1.29 is 13.9 Å². The Hall–Kier alpha value is -2.69. The summed E-state index contributed by atoms with van der Waals surface area (Å²) in [7, 11) is 3.33. The molecule has 0 N–H and O–H groups in total. The van der Waals surface area contributed by atoms with Gasteiger partial charge in [0.15, 0.2) is 11.5 Å². The Labute approximate surface area is 134 Å². The fourth-order valence-corrected chi connectivity index (χ4v) is 3.20. The molecule has 0 unspecified atom stereocenters. The Bertz CT molecular complexity index is 857. The number of hydrogen-bond donors (Lipinski definition) is 0. The smallest absolute Gasteiger partial charge is 0.161 e. The van der Waals surface area contributed by atoms with E-state index in [1.165, 1.54) is 11.1 Å². The summed E-state index contributed by atoms with van der Waals surface area (Å²) in [6.45, 7) is 1.72. The van der Waals surface area contributed by atoms with Gasteiger partial charge in [0.25, 0.3) is 0 Å². The zero-order valence-corrected chi connectivity index (χ0v) is 13.2. The van der Waals surface area contributed by atoms with Crippen LogP contribution in [0.4, 0.5) is 5.82 Å². The molecule has 0 saturated carbocycles. The highest BCUT2D eigenvalue weighted by Gasteiger charge is 2.22. The number of fused-ring (bicyclic) bond motifs is 2. The number of methoxy groups -OCH3 is 2.